The number of aliphatic hydroxyl groups excluding tert-OH is 1. The number of nitrogens with zero attached hydrogens (tertiary/aromatic N) is 1. The molecule has 1 aromatic rings. The highest BCUT2D eigenvalue weighted by molar-refractivity contribution is 7.12. The van der Waals surface area contributed by atoms with Gasteiger partial charge in [-0.1, -0.05) is 6.92 Å². The van der Waals surface area contributed by atoms with Crippen LogP contribution in [0.15, 0.2) is 6.07 Å². The van der Waals surface area contributed by atoms with E-state index in [-0.39, 0.29) is 11.6 Å². The quantitative estimate of drug-likeness (QED) is 0.730. The first-order valence-electron chi connectivity index (χ1n) is 10.7. The summed E-state index contributed by atoms with van der Waals surface area (Å²) in [6.45, 7) is 5.74. The van der Waals surface area contributed by atoms with Crippen LogP contribution in [0, 0.1) is 5.92 Å². The van der Waals surface area contributed by atoms with Gasteiger partial charge in [-0.3, -0.25) is 4.79 Å². The Morgan fingerprint density at radius 3 is 2.73 bits per heavy atom. The molecule has 3 heterocycles. The second-order valence-corrected chi connectivity index (χ2v) is 10.0. The van der Waals surface area contributed by atoms with Crippen molar-refractivity contribution in [3.8, 4) is 0 Å². The van der Waals surface area contributed by atoms with Crippen molar-refractivity contribution < 1.29 is 27.8 Å². The van der Waals surface area contributed by atoms with E-state index in [4.69, 9.17) is 9.84 Å². The van der Waals surface area contributed by atoms with Crippen LogP contribution in [0.1, 0.15) is 47.9 Å². The molecule has 0 aromatic carbocycles. The van der Waals surface area contributed by atoms with E-state index >= 15 is 0 Å². The largest absolute Gasteiger partial charge is 0.423 e. The van der Waals surface area contributed by atoms with Crippen LogP contribution in [0.5, 0.6) is 0 Å². The minimum atomic E-state index is -4.92. The van der Waals surface area contributed by atoms with E-state index in [1.807, 2.05) is 11.3 Å². The minimum absolute atomic E-state index is 0.155. The molecule has 0 radical (unpaired) electrons. The van der Waals surface area contributed by atoms with E-state index in [1.165, 1.54) is 15.3 Å². The van der Waals surface area contributed by atoms with Crippen LogP contribution in [-0.4, -0.2) is 60.5 Å². The third-order valence-corrected chi connectivity index (χ3v) is 8.07. The maximum Gasteiger partial charge on any atom is 0.423 e. The zero-order valence-electron chi connectivity index (χ0n) is 17.1. The number of aliphatic hydroxyl groups is 1. The molecule has 2 aliphatic heterocycles. The first-order valence-corrected chi connectivity index (χ1v) is 11.6. The molecule has 9 heteroatoms. The van der Waals surface area contributed by atoms with Crippen molar-refractivity contribution >= 4 is 17.2 Å². The van der Waals surface area contributed by atoms with Crippen LogP contribution in [0.4, 0.5) is 13.2 Å². The van der Waals surface area contributed by atoms with Crippen LogP contribution >= 0.6 is 11.3 Å². The van der Waals surface area contributed by atoms with Gasteiger partial charge >= 0.3 is 6.18 Å². The van der Waals surface area contributed by atoms with Crippen LogP contribution in [0.25, 0.3) is 0 Å². The number of ether oxygens (including phenoxy) is 1. The van der Waals surface area contributed by atoms with Gasteiger partial charge in [-0.15, -0.1) is 11.3 Å². The summed E-state index contributed by atoms with van der Waals surface area (Å²) in [4.78, 5) is 16.8. The molecule has 168 valence electrons. The Morgan fingerprint density at radius 1 is 1.40 bits per heavy atom. The van der Waals surface area contributed by atoms with Crippen molar-refractivity contribution in [1.82, 2.24) is 10.2 Å². The molecule has 30 heavy (non-hydrogen) atoms. The topological polar surface area (TPSA) is 61.8 Å². The van der Waals surface area contributed by atoms with E-state index in [1.54, 1.807) is 0 Å². The van der Waals surface area contributed by atoms with Crippen LogP contribution in [0.3, 0.4) is 0 Å². The summed E-state index contributed by atoms with van der Waals surface area (Å²) in [7, 11) is 0. The van der Waals surface area contributed by atoms with Crippen molar-refractivity contribution in [3.63, 3.8) is 0 Å². The first-order chi connectivity index (χ1) is 14.2. The lowest BCUT2D eigenvalue weighted by Gasteiger charge is -2.46. The number of likely N-dealkylation sites (tertiary alicyclic amines) is 1. The maximum atomic E-state index is 12.4. The average Bonchev–Trinajstić information content (AvgIpc) is 3.11. The zero-order valence-corrected chi connectivity index (χ0v) is 18.0. The number of piperidine rings is 1. The third-order valence-electron chi connectivity index (χ3n) is 6.73. The molecule has 1 amide bonds. The Kier molecular flexibility index (Phi) is 6.18. The number of fused-ring (bicyclic) bond motifs is 2. The minimum Gasteiger partial charge on any atom is -0.376 e. The van der Waals surface area contributed by atoms with Gasteiger partial charge in [0.1, 0.15) is 0 Å². The number of alkyl halides is 3. The van der Waals surface area contributed by atoms with E-state index in [0.717, 1.165) is 51.9 Å². The molecule has 2 N–H and O–H groups in total. The lowest BCUT2D eigenvalue weighted by molar-refractivity contribution is -0.205. The number of thiophene rings is 1. The number of hydrogen-bond donors (Lipinski definition) is 2. The lowest BCUT2D eigenvalue weighted by atomic mass is 9.78. The number of aryl methyl sites for hydroxylation is 1. The van der Waals surface area contributed by atoms with Crippen molar-refractivity contribution in [2.45, 2.75) is 69.4 Å². The second-order valence-electron chi connectivity index (χ2n) is 8.78. The third kappa shape index (κ3) is 4.40. The Bertz CT molecular complexity index is 768. The number of rotatable bonds is 5. The van der Waals surface area contributed by atoms with E-state index in [0.29, 0.717) is 18.8 Å². The maximum absolute atomic E-state index is 12.4. The Hall–Kier alpha value is -1.16. The highest BCUT2D eigenvalue weighted by atomic mass is 32.1. The second kappa shape index (κ2) is 8.41. The van der Waals surface area contributed by atoms with Gasteiger partial charge in [0.05, 0.1) is 12.2 Å². The summed E-state index contributed by atoms with van der Waals surface area (Å²) >= 11 is 1.92. The summed E-state index contributed by atoms with van der Waals surface area (Å²) < 4.78 is 43.5. The van der Waals surface area contributed by atoms with E-state index in [9.17, 15) is 18.0 Å². The fourth-order valence-corrected chi connectivity index (χ4v) is 6.13. The summed E-state index contributed by atoms with van der Waals surface area (Å²) in [6, 6.07) is 2.06. The fraction of sp³-hybridized carbons (Fsp3) is 0.762. The number of nitrogens with one attached hydrogen (secondary N) is 1. The molecule has 4 rings (SSSR count). The average molecular weight is 447 g/mol. The van der Waals surface area contributed by atoms with Crippen molar-refractivity contribution in [2.24, 2.45) is 5.92 Å². The van der Waals surface area contributed by atoms with Gasteiger partial charge in [-0.25, -0.2) is 0 Å². The van der Waals surface area contributed by atoms with Gasteiger partial charge in [0.15, 0.2) is 0 Å². The fourth-order valence-electron chi connectivity index (χ4n) is 4.95. The molecule has 1 saturated carbocycles. The Balaban J connectivity index is 1.24. The monoisotopic (exact) mass is 446 g/mol. The number of carbonyl (C=O) groups excluding carboxylic acids is 1. The summed E-state index contributed by atoms with van der Waals surface area (Å²) in [5.74, 6) is -0.985. The number of hydrogen-bond acceptors (Lipinski definition) is 5. The number of halogens is 3. The molecule has 1 aromatic heterocycles. The molecule has 0 bridgehead atoms. The lowest BCUT2D eigenvalue weighted by Crippen LogP contribution is -2.54. The van der Waals surface area contributed by atoms with Crippen LogP contribution in [-0.2, 0) is 28.0 Å². The van der Waals surface area contributed by atoms with Gasteiger partial charge in [-0.05, 0) is 49.7 Å². The molecule has 1 atom stereocenters. The molecule has 3 aliphatic rings. The predicted molar refractivity (Wildman–Crippen MR) is 107 cm³/mol. The predicted octanol–water partition coefficient (Wildman–Crippen LogP) is 2.99. The van der Waals surface area contributed by atoms with Gasteiger partial charge in [0.25, 0.3) is 5.91 Å². The number of amides is 1. The standard InChI is InChI=1S/C21H29F3N2O3S/c1-2-15-11-16-17(30-15)3-8-29-20(16)4-6-26(7-5-20)12-13-9-14(10-13)25-19(28)18(27)21(22,23)24/h11,13-14,18,27H,2-10,12H2,1H3,(H,25,28). The smallest absolute Gasteiger partial charge is 0.376 e. The van der Waals surface area contributed by atoms with Crippen LogP contribution < -0.4 is 5.32 Å². The van der Waals surface area contributed by atoms with Crippen LogP contribution in [0.2, 0.25) is 0 Å². The summed E-state index contributed by atoms with van der Waals surface area (Å²) in [5.41, 5.74) is 1.24. The SMILES string of the molecule is CCc1cc2c(s1)CCOC21CCN(CC2CC(NC(=O)C(O)C(F)(F)F)C2)CC1. The highest BCUT2D eigenvalue weighted by Gasteiger charge is 2.46. The van der Waals surface area contributed by atoms with Gasteiger partial charge in [0.2, 0.25) is 6.10 Å². The van der Waals surface area contributed by atoms with Crippen molar-refractivity contribution in [2.75, 3.05) is 26.2 Å². The van der Waals surface area contributed by atoms with Crippen molar-refractivity contribution in [3.05, 3.63) is 21.4 Å². The Morgan fingerprint density at radius 2 is 2.10 bits per heavy atom. The molecule has 5 nitrogen and oxygen atoms in total. The Labute approximate surface area is 178 Å². The van der Waals surface area contributed by atoms with E-state index < -0.39 is 18.2 Å². The van der Waals surface area contributed by atoms with Gasteiger partial charge < -0.3 is 20.1 Å². The van der Waals surface area contributed by atoms with E-state index in [2.05, 4.69) is 23.2 Å². The molecule has 1 aliphatic carbocycles. The highest BCUT2D eigenvalue weighted by Crippen LogP contribution is 2.45. The molecular weight excluding hydrogens is 417 g/mol. The molecule has 1 spiro atoms. The summed E-state index contributed by atoms with van der Waals surface area (Å²) in [5, 5.41) is 11.3. The zero-order chi connectivity index (χ0) is 21.5. The molecule has 2 fully saturated rings. The summed E-state index contributed by atoms with van der Waals surface area (Å²) in [6.07, 6.45) is -2.57. The molecule has 1 unspecified atom stereocenters. The van der Waals surface area contributed by atoms with Crippen molar-refractivity contribution in [1.29, 1.82) is 0 Å². The van der Waals surface area contributed by atoms with Gasteiger partial charge in [-0.2, -0.15) is 13.2 Å². The molecule has 1 saturated heterocycles. The number of carbonyl (C=O) groups is 1. The van der Waals surface area contributed by atoms with Gasteiger partial charge in [0, 0.05) is 41.9 Å². The first kappa shape index (κ1) is 22.0. The normalized spacial score (nSPS) is 27.4. The molecular formula is C21H29F3N2O3S.